The lowest BCUT2D eigenvalue weighted by atomic mass is 10.1. The van der Waals surface area contributed by atoms with Crippen LogP contribution in [0.5, 0.6) is 23.0 Å². The lowest BCUT2D eigenvalue weighted by Gasteiger charge is -2.13. The Morgan fingerprint density at radius 1 is 0.963 bits per heavy atom. The second-order valence-electron chi connectivity index (χ2n) is 5.82. The van der Waals surface area contributed by atoms with E-state index in [0.717, 1.165) is 29.9 Å². The topological polar surface area (TPSA) is 66.0 Å². The van der Waals surface area contributed by atoms with Gasteiger partial charge in [0.05, 0.1) is 33.5 Å². The summed E-state index contributed by atoms with van der Waals surface area (Å²) in [5, 5.41) is 2.93. The van der Waals surface area contributed by atoms with Crippen LogP contribution in [-0.2, 0) is 6.42 Å². The van der Waals surface area contributed by atoms with Gasteiger partial charge in [-0.1, -0.05) is 12.1 Å². The third-order valence-electron chi connectivity index (χ3n) is 4.10. The molecule has 0 radical (unpaired) electrons. The van der Waals surface area contributed by atoms with Crippen molar-refractivity contribution in [3.63, 3.8) is 0 Å². The van der Waals surface area contributed by atoms with Crippen LogP contribution in [0.1, 0.15) is 29.3 Å². The highest BCUT2D eigenvalue weighted by molar-refractivity contribution is 5.97. The van der Waals surface area contributed by atoms with E-state index in [1.165, 1.54) is 7.11 Å². The summed E-state index contributed by atoms with van der Waals surface area (Å²) in [6.07, 6.45) is 1.62. The Bertz CT molecular complexity index is 760. The van der Waals surface area contributed by atoms with Crippen molar-refractivity contribution in [1.82, 2.24) is 5.32 Å². The van der Waals surface area contributed by atoms with Crippen molar-refractivity contribution in [2.24, 2.45) is 0 Å². The average Bonchev–Trinajstić information content (AvgIpc) is 2.71. The Morgan fingerprint density at radius 3 is 2.41 bits per heavy atom. The van der Waals surface area contributed by atoms with Gasteiger partial charge in [-0.05, 0) is 49.6 Å². The number of nitrogens with one attached hydrogen (secondary N) is 1. The van der Waals surface area contributed by atoms with Gasteiger partial charge in [-0.2, -0.15) is 0 Å². The van der Waals surface area contributed by atoms with Crippen molar-refractivity contribution >= 4 is 5.91 Å². The number of ether oxygens (including phenoxy) is 4. The Balaban J connectivity index is 1.91. The SMILES string of the molecule is CCOc1ccc(CCCNC(=O)c2cccc(OC)c2OC)cc1OC. The fourth-order valence-corrected chi connectivity index (χ4v) is 2.80. The van der Waals surface area contributed by atoms with Crippen molar-refractivity contribution in [2.75, 3.05) is 34.5 Å². The third kappa shape index (κ3) is 5.29. The first-order valence-electron chi connectivity index (χ1n) is 8.93. The van der Waals surface area contributed by atoms with Crippen LogP contribution in [0.3, 0.4) is 0 Å². The van der Waals surface area contributed by atoms with Crippen molar-refractivity contribution in [3.8, 4) is 23.0 Å². The number of hydrogen-bond donors (Lipinski definition) is 1. The molecule has 0 aliphatic heterocycles. The fourth-order valence-electron chi connectivity index (χ4n) is 2.80. The first-order valence-corrected chi connectivity index (χ1v) is 8.93. The highest BCUT2D eigenvalue weighted by Crippen LogP contribution is 2.30. The summed E-state index contributed by atoms with van der Waals surface area (Å²) >= 11 is 0. The van der Waals surface area contributed by atoms with E-state index in [9.17, 15) is 4.79 Å². The van der Waals surface area contributed by atoms with E-state index in [4.69, 9.17) is 18.9 Å². The summed E-state index contributed by atoms with van der Waals surface area (Å²) in [5.41, 5.74) is 1.59. The maximum absolute atomic E-state index is 12.4. The molecule has 0 aromatic heterocycles. The minimum Gasteiger partial charge on any atom is -0.493 e. The molecule has 0 saturated carbocycles. The molecule has 0 atom stereocenters. The largest absolute Gasteiger partial charge is 0.493 e. The molecule has 2 aromatic carbocycles. The Labute approximate surface area is 160 Å². The number of methoxy groups -OCH3 is 3. The molecule has 0 unspecified atom stereocenters. The molecule has 6 heteroatoms. The van der Waals surface area contributed by atoms with Gasteiger partial charge in [-0.25, -0.2) is 0 Å². The Hall–Kier alpha value is -2.89. The molecular weight excluding hydrogens is 346 g/mol. The van der Waals surface area contributed by atoms with Gasteiger partial charge >= 0.3 is 0 Å². The fraction of sp³-hybridized carbons (Fsp3) is 0.381. The van der Waals surface area contributed by atoms with Gasteiger partial charge in [0.2, 0.25) is 0 Å². The molecule has 0 saturated heterocycles. The maximum Gasteiger partial charge on any atom is 0.255 e. The molecule has 1 N–H and O–H groups in total. The van der Waals surface area contributed by atoms with E-state index in [2.05, 4.69) is 5.32 Å². The molecule has 0 fully saturated rings. The molecule has 146 valence electrons. The molecule has 0 aliphatic rings. The molecule has 6 nitrogen and oxygen atoms in total. The predicted octanol–water partition coefficient (Wildman–Crippen LogP) is 3.47. The molecule has 2 aromatic rings. The number of hydrogen-bond acceptors (Lipinski definition) is 5. The van der Waals surface area contributed by atoms with Gasteiger partial charge in [0, 0.05) is 6.54 Å². The first-order chi connectivity index (χ1) is 13.1. The molecule has 1 amide bonds. The maximum atomic E-state index is 12.4. The van der Waals surface area contributed by atoms with Crippen LogP contribution < -0.4 is 24.3 Å². The van der Waals surface area contributed by atoms with Gasteiger partial charge in [0.1, 0.15) is 0 Å². The van der Waals surface area contributed by atoms with Crippen molar-refractivity contribution in [2.45, 2.75) is 19.8 Å². The van der Waals surface area contributed by atoms with Crippen LogP contribution in [-0.4, -0.2) is 40.4 Å². The Kier molecular flexibility index (Phi) is 7.79. The summed E-state index contributed by atoms with van der Waals surface area (Å²) in [5.74, 6) is 2.25. The summed E-state index contributed by atoms with van der Waals surface area (Å²) in [6, 6.07) is 11.1. The second-order valence-corrected chi connectivity index (χ2v) is 5.82. The van der Waals surface area contributed by atoms with E-state index < -0.39 is 0 Å². The number of para-hydroxylation sites is 1. The zero-order valence-corrected chi connectivity index (χ0v) is 16.3. The van der Waals surface area contributed by atoms with Gasteiger partial charge in [-0.15, -0.1) is 0 Å². The highest BCUT2D eigenvalue weighted by atomic mass is 16.5. The number of rotatable bonds is 10. The highest BCUT2D eigenvalue weighted by Gasteiger charge is 2.15. The molecule has 0 heterocycles. The van der Waals surface area contributed by atoms with E-state index in [0.29, 0.717) is 30.2 Å². The lowest BCUT2D eigenvalue weighted by molar-refractivity contribution is 0.0949. The molecule has 0 bridgehead atoms. The number of carbonyl (C=O) groups excluding carboxylic acids is 1. The summed E-state index contributed by atoms with van der Waals surface area (Å²) in [7, 11) is 4.70. The summed E-state index contributed by atoms with van der Waals surface area (Å²) in [4.78, 5) is 12.4. The summed E-state index contributed by atoms with van der Waals surface area (Å²) in [6.45, 7) is 3.08. The van der Waals surface area contributed by atoms with E-state index in [-0.39, 0.29) is 5.91 Å². The van der Waals surface area contributed by atoms with E-state index >= 15 is 0 Å². The molecular formula is C21H27NO5. The molecule has 2 rings (SSSR count). The normalized spacial score (nSPS) is 10.2. The van der Waals surface area contributed by atoms with Crippen molar-refractivity contribution in [3.05, 3.63) is 47.5 Å². The zero-order valence-electron chi connectivity index (χ0n) is 16.3. The number of carbonyl (C=O) groups is 1. The number of aryl methyl sites for hydroxylation is 1. The monoisotopic (exact) mass is 373 g/mol. The number of amides is 1. The quantitative estimate of drug-likeness (QED) is 0.646. The van der Waals surface area contributed by atoms with Gasteiger partial charge < -0.3 is 24.3 Å². The minimum absolute atomic E-state index is 0.185. The van der Waals surface area contributed by atoms with Crippen LogP contribution in [0.2, 0.25) is 0 Å². The van der Waals surface area contributed by atoms with Crippen LogP contribution in [0.15, 0.2) is 36.4 Å². The lowest BCUT2D eigenvalue weighted by Crippen LogP contribution is -2.25. The molecule has 0 spiro atoms. The van der Waals surface area contributed by atoms with Crippen LogP contribution in [0, 0.1) is 0 Å². The van der Waals surface area contributed by atoms with Crippen LogP contribution in [0.25, 0.3) is 0 Å². The van der Waals surface area contributed by atoms with Gasteiger partial charge in [-0.3, -0.25) is 4.79 Å². The average molecular weight is 373 g/mol. The number of benzene rings is 2. The standard InChI is InChI=1S/C21H27NO5/c1-5-27-17-12-11-15(14-19(17)25-3)8-7-13-22-21(23)16-9-6-10-18(24-2)20(16)26-4/h6,9-12,14H,5,7-8,13H2,1-4H3,(H,22,23). The zero-order chi connectivity index (χ0) is 19.6. The second kappa shape index (κ2) is 10.3. The van der Waals surface area contributed by atoms with Crippen molar-refractivity contribution in [1.29, 1.82) is 0 Å². The van der Waals surface area contributed by atoms with Crippen molar-refractivity contribution < 1.29 is 23.7 Å². The van der Waals surface area contributed by atoms with Gasteiger partial charge in [0.25, 0.3) is 5.91 Å². The molecule has 0 aliphatic carbocycles. The Morgan fingerprint density at radius 2 is 1.74 bits per heavy atom. The van der Waals surface area contributed by atoms with Crippen LogP contribution in [0.4, 0.5) is 0 Å². The third-order valence-corrected chi connectivity index (χ3v) is 4.10. The molecule has 27 heavy (non-hydrogen) atoms. The minimum atomic E-state index is -0.185. The first kappa shape index (κ1) is 20.4. The van der Waals surface area contributed by atoms with E-state index in [1.807, 2.05) is 25.1 Å². The summed E-state index contributed by atoms with van der Waals surface area (Å²) < 4.78 is 21.4. The van der Waals surface area contributed by atoms with E-state index in [1.54, 1.807) is 32.4 Å². The predicted molar refractivity (Wildman–Crippen MR) is 104 cm³/mol. The van der Waals surface area contributed by atoms with Crippen LogP contribution >= 0.6 is 0 Å². The smallest absolute Gasteiger partial charge is 0.255 e. The van der Waals surface area contributed by atoms with Gasteiger partial charge in [0.15, 0.2) is 23.0 Å².